The Morgan fingerprint density at radius 2 is 1.81 bits per heavy atom. The number of amides is 4. The van der Waals surface area contributed by atoms with Gasteiger partial charge in [0.15, 0.2) is 0 Å². The zero-order chi connectivity index (χ0) is 23.0. The first-order valence-electron chi connectivity index (χ1n) is 10.1. The first kappa shape index (κ1) is 23.8. The molecule has 0 spiro atoms. The van der Waals surface area contributed by atoms with Gasteiger partial charge in [-0.25, -0.2) is 24.8 Å². The molecular formula is C21H29N5O5. The lowest BCUT2D eigenvalue weighted by Gasteiger charge is -2.37. The average Bonchev–Trinajstić information content (AvgIpc) is 2.72. The van der Waals surface area contributed by atoms with E-state index in [0.29, 0.717) is 37.3 Å². The molecule has 31 heavy (non-hydrogen) atoms. The number of hydrazine groups is 1. The van der Waals surface area contributed by atoms with Crippen LogP contribution in [0.25, 0.3) is 0 Å². The van der Waals surface area contributed by atoms with Crippen molar-refractivity contribution in [3.63, 3.8) is 0 Å². The molecule has 0 radical (unpaired) electrons. The summed E-state index contributed by atoms with van der Waals surface area (Å²) in [5, 5.41) is 10.3. The van der Waals surface area contributed by atoms with Crippen LogP contribution in [0.4, 0.5) is 14.4 Å². The molecule has 1 N–H and O–H groups in total. The minimum Gasteiger partial charge on any atom is -0.450 e. The van der Waals surface area contributed by atoms with Gasteiger partial charge in [0.2, 0.25) is 0 Å². The summed E-state index contributed by atoms with van der Waals surface area (Å²) < 4.78 is 10.3. The van der Waals surface area contributed by atoms with E-state index in [4.69, 9.17) is 14.7 Å². The van der Waals surface area contributed by atoms with Crippen molar-refractivity contribution in [3.05, 3.63) is 35.4 Å². The smallest absolute Gasteiger partial charge is 0.426 e. The van der Waals surface area contributed by atoms with Gasteiger partial charge in [-0.1, -0.05) is 12.1 Å². The van der Waals surface area contributed by atoms with Gasteiger partial charge in [0.1, 0.15) is 5.60 Å². The number of hydrogen-bond acceptors (Lipinski definition) is 6. The van der Waals surface area contributed by atoms with Gasteiger partial charge < -0.3 is 19.3 Å². The van der Waals surface area contributed by atoms with E-state index in [1.165, 1.54) is 4.90 Å². The van der Waals surface area contributed by atoms with Crippen LogP contribution >= 0.6 is 0 Å². The third kappa shape index (κ3) is 7.37. The lowest BCUT2D eigenvalue weighted by molar-refractivity contribution is 0.0313. The lowest BCUT2D eigenvalue weighted by atomic mass is 10.1. The minimum absolute atomic E-state index is 0.0473. The Kier molecular flexibility index (Phi) is 8.07. The van der Waals surface area contributed by atoms with Gasteiger partial charge in [0.25, 0.3) is 0 Å². The van der Waals surface area contributed by atoms with Crippen LogP contribution in [0.5, 0.6) is 0 Å². The van der Waals surface area contributed by atoms with Crippen molar-refractivity contribution in [2.45, 2.75) is 39.8 Å². The highest BCUT2D eigenvalue weighted by Gasteiger charge is 2.29. The third-order valence-corrected chi connectivity index (χ3v) is 4.33. The Morgan fingerprint density at radius 3 is 2.39 bits per heavy atom. The molecular weight excluding hydrogens is 402 g/mol. The molecule has 1 aliphatic heterocycles. The Morgan fingerprint density at radius 1 is 1.16 bits per heavy atom. The monoisotopic (exact) mass is 431 g/mol. The Labute approximate surface area is 182 Å². The predicted octanol–water partition coefficient (Wildman–Crippen LogP) is 2.69. The van der Waals surface area contributed by atoms with Gasteiger partial charge in [0, 0.05) is 26.2 Å². The molecule has 1 fully saturated rings. The number of benzene rings is 1. The molecule has 1 aromatic carbocycles. The van der Waals surface area contributed by atoms with Crippen LogP contribution in [0.3, 0.4) is 0 Å². The topological polar surface area (TPSA) is 115 Å². The Hall–Kier alpha value is -3.48. The lowest BCUT2D eigenvalue weighted by Crippen LogP contribution is -2.57. The normalized spacial score (nSPS) is 13.8. The number of carbonyl (C=O) groups is 3. The molecule has 0 aliphatic carbocycles. The number of rotatable bonds is 3. The number of piperazine rings is 1. The summed E-state index contributed by atoms with van der Waals surface area (Å²) >= 11 is 0. The van der Waals surface area contributed by atoms with Crippen LogP contribution in [0.15, 0.2) is 24.3 Å². The molecule has 0 aromatic heterocycles. The predicted molar refractivity (Wildman–Crippen MR) is 112 cm³/mol. The van der Waals surface area contributed by atoms with Crippen LogP contribution in [0, 0.1) is 11.3 Å². The van der Waals surface area contributed by atoms with Crippen molar-refractivity contribution in [2.75, 3.05) is 32.8 Å². The number of nitrogens with one attached hydrogen (secondary N) is 1. The maximum Gasteiger partial charge on any atom is 0.426 e. The second kappa shape index (κ2) is 10.5. The van der Waals surface area contributed by atoms with Gasteiger partial charge in [-0.3, -0.25) is 0 Å². The number of nitrogens with zero attached hydrogens (tertiary/aromatic N) is 4. The second-order valence-corrected chi connectivity index (χ2v) is 7.97. The van der Waals surface area contributed by atoms with Gasteiger partial charge in [-0.05, 0) is 45.4 Å². The summed E-state index contributed by atoms with van der Waals surface area (Å²) in [4.78, 5) is 40.4. The van der Waals surface area contributed by atoms with Gasteiger partial charge in [-0.2, -0.15) is 5.26 Å². The van der Waals surface area contributed by atoms with Gasteiger partial charge >= 0.3 is 18.2 Å². The first-order chi connectivity index (χ1) is 14.6. The van der Waals surface area contributed by atoms with E-state index in [2.05, 4.69) is 11.5 Å². The molecule has 0 atom stereocenters. The average molecular weight is 431 g/mol. The molecule has 1 heterocycles. The highest BCUT2D eigenvalue weighted by Crippen LogP contribution is 2.13. The highest BCUT2D eigenvalue weighted by atomic mass is 16.6. The molecule has 0 bridgehead atoms. The van der Waals surface area contributed by atoms with E-state index in [-0.39, 0.29) is 13.2 Å². The molecule has 0 unspecified atom stereocenters. The molecule has 10 nitrogen and oxygen atoms in total. The largest absolute Gasteiger partial charge is 0.450 e. The molecule has 0 saturated carbocycles. The number of urea groups is 1. The Bertz CT molecular complexity index is 837. The van der Waals surface area contributed by atoms with Crippen LogP contribution < -0.4 is 5.43 Å². The van der Waals surface area contributed by atoms with Gasteiger partial charge in [-0.15, -0.1) is 0 Å². The van der Waals surface area contributed by atoms with Crippen molar-refractivity contribution in [1.29, 1.82) is 5.26 Å². The second-order valence-electron chi connectivity index (χ2n) is 7.97. The summed E-state index contributed by atoms with van der Waals surface area (Å²) in [6.07, 6.45) is -1.17. The van der Waals surface area contributed by atoms with Crippen LogP contribution in [-0.4, -0.2) is 71.4 Å². The van der Waals surface area contributed by atoms with E-state index in [9.17, 15) is 14.4 Å². The molecule has 168 valence electrons. The van der Waals surface area contributed by atoms with Crippen molar-refractivity contribution in [3.8, 4) is 6.07 Å². The van der Waals surface area contributed by atoms with Crippen molar-refractivity contribution < 1.29 is 23.9 Å². The standard InChI is InChI=1S/C21H29N5O5/c1-5-30-20(29)25-11-9-24(10-12-25)19(28)26(23-18(27)31-21(2,3)4)15-17-8-6-7-16(13-17)14-22/h6-8,13H,5,9-12,15H2,1-4H3,(H,23,27). The van der Waals surface area contributed by atoms with E-state index in [0.717, 1.165) is 5.01 Å². The summed E-state index contributed by atoms with van der Waals surface area (Å²) in [6, 6.07) is 8.40. The summed E-state index contributed by atoms with van der Waals surface area (Å²) in [5.74, 6) is 0. The van der Waals surface area contributed by atoms with Crippen LogP contribution in [0.2, 0.25) is 0 Å². The summed E-state index contributed by atoms with van der Waals surface area (Å²) in [7, 11) is 0. The molecule has 1 aliphatic rings. The van der Waals surface area contributed by atoms with Crippen molar-refractivity contribution in [1.82, 2.24) is 20.2 Å². The van der Waals surface area contributed by atoms with E-state index >= 15 is 0 Å². The number of hydrogen-bond donors (Lipinski definition) is 1. The van der Waals surface area contributed by atoms with Crippen LogP contribution in [-0.2, 0) is 16.0 Å². The zero-order valence-corrected chi connectivity index (χ0v) is 18.4. The fourth-order valence-corrected chi connectivity index (χ4v) is 2.95. The quantitative estimate of drug-likeness (QED) is 0.736. The maximum absolute atomic E-state index is 13.1. The molecule has 2 rings (SSSR count). The van der Waals surface area contributed by atoms with E-state index < -0.39 is 23.8 Å². The molecule has 1 aromatic rings. The Balaban J connectivity index is 2.11. The van der Waals surface area contributed by atoms with Crippen LogP contribution in [0.1, 0.15) is 38.8 Å². The SMILES string of the molecule is CCOC(=O)N1CCN(C(=O)N(Cc2cccc(C#N)c2)NC(=O)OC(C)(C)C)CC1. The third-order valence-electron chi connectivity index (χ3n) is 4.33. The van der Waals surface area contributed by atoms with Crippen molar-refractivity contribution >= 4 is 18.2 Å². The van der Waals surface area contributed by atoms with Gasteiger partial charge in [0.05, 0.1) is 24.8 Å². The molecule has 1 saturated heterocycles. The fourth-order valence-electron chi connectivity index (χ4n) is 2.95. The highest BCUT2D eigenvalue weighted by molar-refractivity contribution is 5.78. The number of ether oxygens (including phenoxy) is 2. The number of carbonyl (C=O) groups excluding carboxylic acids is 3. The number of nitriles is 1. The van der Waals surface area contributed by atoms with E-state index in [1.54, 1.807) is 56.9 Å². The molecule has 4 amide bonds. The maximum atomic E-state index is 13.1. The summed E-state index contributed by atoms with van der Waals surface area (Å²) in [5.41, 5.74) is 2.90. The fraction of sp³-hybridized carbons (Fsp3) is 0.524. The zero-order valence-electron chi connectivity index (χ0n) is 18.4. The first-order valence-corrected chi connectivity index (χ1v) is 10.1. The summed E-state index contributed by atoms with van der Waals surface area (Å²) in [6.45, 7) is 8.49. The van der Waals surface area contributed by atoms with Crippen molar-refractivity contribution in [2.24, 2.45) is 0 Å². The minimum atomic E-state index is -0.762. The molecule has 10 heteroatoms. The van der Waals surface area contributed by atoms with E-state index in [1.807, 2.05) is 0 Å².